The number of benzene rings is 1. The Morgan fingerprint density at radius 3 is 2.46 bits per heavy atom. The lowest BCUT2D eigenvalue weighted by Crippen LogP contribution is -2.25. The second-order valence-electron chi connectivity index (χ2n) is 6.40. The van der Waals surface area contributed by atoms with Crippen molar-refractivity contribution >= 4 is 23.3 Å². The highest BCUT2D eigenvalue weighted by Crippen LogP contribution is 2.40. The minimum atomic E-state index is -4.41. The van der Waals surface area contributed by atoms with Gasteiger partial charge in [-0.25, -0.2) is 0 Å². The Hall–Kier alpha value is -2.94. The molecule has 1 atom stereocenters. The van der Waals surface area contributed by atoms with Crippen LogP contribution in [0.5, 0.6) is 0 Å². The summed E-state index contributed by atoms with van der Waals surface area (Å²) in [5.74, 6) is 0.109. The lowest BCUT2D eigenvalue weighted by Gasteiger charge is -2.24. The van der Waals surface area contributed by atoms with E-state index in [1.807, 2.05) is 0 Å². The van der Waals surface area contributed by atoms with E-state index in [0.29, 0.717) is 22.9 Å². The number of hydrogen-bond donors (Lipinski definition) is 1. The molecule has 1 unspecified atom stereocenters. The van der Waals surface area contributed by atoms with Crippen LogP contribution in [0.3, 0.4) is 0 Å². The maximum Gasteiger partial charge on any atom is 0.416 e. The van der Waals surface area contributed by atoms with Crippen molar-refractivity contribution in [3.05, 3.63) is 63.9 Å². The highest BCUT2D eigenvalue weighted by Gasteiger charge is 2.34. The minimum Gasteiger partial charge on any atom is -0.310 e. The van der Waals surface area contributed by atoms with Gasteiger partial charge >= 0.3 is 6.18 Å². The molecule has 1 aliphatic heterocycles. The van der Waals surface area contributed by atoms with Gasteiger partial charge in [-0.05, 0) is 36.8 Å². The molecule has 2 aromatic heterocycles. The van der Waals surface area contributed by atoms with Gasteiger partial charge in [-0.15, -0.1) is 10.2 Å². The third-order valence-corrected chi connectivity index (χ3v) is 4.78. The summed E-state index contributed by atoms with van der Waals surface area (Å²) in [4.78, 5) is 12.3. The summed E-state index contributed by atoms with van der Waals surface area (Å²) in [6.07, 6.45) is -4.31. The zero-order valence-corrected chi connectivity index (χ0v) is 15.2. The van der Waals surface area contributed by atoms with E-state index < -0.39 is 17.7 Å². The second-order valence-corrected chi connectivity index (χ2v) is 6.79. The fourth-order valence-corrected chi connectivity index (χ4v) is 3.42. The summed E-state index contributed by atoms with van der Waals surface area (Å²) in [6, 6.07) is 7.99. The molecule has 144 valence electrons. The first-order valence-electron chi connectivity index (χ1n) is 8.30. The average molecular weight is 408 g/mol. The number of carbonyl (C=O) groups is 1. The van der Waals surface area contributed by atoms with Crippen LogP contribution in [0.4, 0.5) is 19.0 Å². The van der Waals surface area contributed by atoms with E-state index in [9.17, 15) is 18.0 Å². The molecular weight excluding hydrogens is 395 g/mol. The number of amides is 1. The van der Waals surface area contributed by atoms with E-state index in [2.05, 4.69) is 20.6 Å². The van der Waals surface area contributed by atoms with Gasteiger partial charge < -0.3 is 5.32 Å². The van der Waals surface area contributed by atoms with Crippen LogP contribution in [0.25, 0.3) is 5.82 Å². The molecule has 1 N–H and O–H groups in total. The van der Waals surface area contributed by atoms with Crippen molar-refractivity contribution in [1.82, 2.24) is 20.0 Å². The van der Waals surface area contributed by atoms with Crippen molar-refractivity contribution in [2.24, 2.45) is 0 Å². The number of aryl methyl sites for hydroxylation is 1. The van der Waals surface area contributed by atoms with E-state index in [0.717, 1.165) is 17.7 Å². The molecule has 0 saturated heterocycles. The van der Waals surface area contributed by atoms with Crippen LogP contribution in [0.2, 0.25) is 5.15 Å². The normalized spacial score (nSPS) is 16.6. The smallest absolute Gasteiger partial charge is 0.310 e. The third kappa shape index (κ3) is 3.22. The zero-order chi connectivity index (χ0) is 20.1. The average Bonchev–Trinajstić information content (AvgIpc) is 2.97. The van der Waals surface area contributed by atoms with Crippen molar-refractivity contribution in [3.63, 3.8) is 0 Å². The Bertz CT molecular complexity index is 1040. The first-order chi connectivity index (χ1) is 13.2. The lowest BCUT2D eigenvalue weighted by molar-refractivity contribution is -0.137. The summed E-state index contributed by atoms with van der Waals surface area (Å²) in [6.45, 7) is 1.77. The standard InChI is InChI=1S/C18H13ClF3N5O/c1-9-16-12(10-2-4-11(5-3-10)18(20,21)22)8-15(28)23-17(16)27(26-9)14-7-6-13(19)24-25-14/h2-7,12H,8H2,1H3,(H,23,28). The minimum absolute atomic E-state index is 0.108. The molecule has 4 rings (SSSR count). The predicted molar refractivity (Wildman–Crippen MR) is 95.4 cm³/mol. The van der Waals surface area contributed by atoms with Crippen molar-refractivity contribution < 1.29 is 18.0 Å². The van der Waals surface area contributed by atoms with E-state index in [-0.39, 0.29) is 17.5 Å². The summed E-state index contributed by atoms with van der Waals surface area (Å²) in [5, 5.41) is 15.2. The first kappa shape index (κ1) is 18.4. The third-order valence-electron chi connectivity index (χ3n) is 4.58. The molecule has 1 aromatic carbocycles. The number of hydrogen-bond acceptors (Lipinski definition) is 4. The number of nitrogens with one attached hydrogen (secondary N) is 1. The highest BCUT2D eigenvalue weighted by atomic mass is 35.5. The number of fused-ring (bicyclic) bond motifs is 1. The summed E-state index contributed by atoms with van der Waals surface area (Å²) < 4.78 is 40.0. The number of nitrogens with zero attached hydrogens (tertiary/aromatic N) is 4. The van der Waals surface area contributed by atoms with Gasteiger partial charge in [-0.2, -0.15) is 23.0 Å². The molecule has 0 spiro atoms. The molecule has 10 heteroatoms. The lowest BCUT2D eigenvalue weighted by atomic mass is 9.85. The molecule has 1 aliphatic rings. The molecule has 1 amide bonds. The van der Waals surface area contributed by atoms with Crippen LogP contribution in [-0.2, 0) is 11.0 Å². The number of anilines is 1. The van der Waals surface area contributed by atoms with E-state index >= 15 is 0 Å². The monoisotopic (exact) mass is 407 g/mol. The van der Waals surface area contributed by atoms with Crippen molar-refractivity contribution in [1.29, 1.82) is 0 Å². The van der Waals surface area contributed by atoms with Gasteiger partial charge in [0.1, 0.15) is 5.82 Å². The summed E-state index contributed by atoms with van der Waals surface area (Å²) in [5.41, 5.74) is 1.24. The van der Waals surface area contributed by atoms with Gasteiger partial charge in [0.25, 0.3) is 0 Å². The van der Waals surface area contributed by atoms with Crippen LogP contribution in [-0.4, -0.2) is 25.9 Å². The Morgan fingerprint density at radius 2 is 1.86 bits per heavy atom. The van der Waals surface area contributed by atoms with Crippen LogP contribution in [0.15, 0.2) is 36.4 Å². The molecule has 28 heavy (non-hydrogen) atoms. The van der Waals surface area contributed by atoms with Crippen molar-refractivity contribution in [3.8, 4) is 5.82 Å². The van der Waals surface area contributed by atoms with Crippen molar-refractivity contribution in [2.75, 3.05) is 5.32 Å². The van der Waals surface area contributed by atoms with Crippen LogP contribution >= 0.6 is 11.6 Å². The molecule has 0 fully saturated rings. The number of carbonyl (C=O) groups excluding carboxylic acids is 1. The molecule has 0 bridgehead atoms. The van der Waals surface area contributed by atoms with E-state index in [4.69, 9.17) is 11.6 Å². The SMILES string of the molecule is Cc1nn(-c2ccc(Cl)nn2)c2c1C(c1ccc(C(F)(F)F)cc1)CC(=O)N2. The number of aromatic nitrogens is 4. The van der Waals surface area contributed by atoms with Crippen LogP contribution in [0.1, 0.15) is 34.7 Å². The van der Waals surface area contributed by atoms with E-state index in [1.54, 1.807) is 19.1 Å². The van der Waals surface area contributed by atoms with Gasteiger partial charge in [0.2, 0.25) is 5.91 Å². The van der Waals surface area contributed by atoms with Gasteiger partial charge in [0, 0.05) is 17.9 Å². The van der Waals surface area contributed by atoms with Gasteiger partial charge in [-0.1, -0.05) is 23.7 Å². The van der Waals surface area contributed by atoms with Gasteiger partial charge in [-0.3, -0.25) is 4.79 Å². The topological polar surface area (TPSA) is 72.7 Å². The van der Waals surface area contributed by atoms with Crippen LogP contribution < -0.4 is 5.32 Å². The van der Waals surface area contributed by atoms with E-state index in [1.165, 1.54) is 16.8 Å². The summed E-state index contributed by atoms with van der Waals surface area (Å²) in [7, 11) is 0. The molecular formula is C18H13ClF3N5O. The Balaban J connectivity index is 1.79. The second kappa shape index (κ2) is 6.59. The number of rotatable bonds is 2. The predicted octanol–water partition coefficient (Wildman–Crippen LogP) is 4.12. The maximum atomic E-state index is 12.8. The van der Waals surface area contributed by atoms with Gasteiger partial charge in [0.05, 0.1) is 11.3 Å². The molecule has 0 saturated carbocycles. The molecule has 3 heterocycles. The van der Waals surface area contributed by atoms with Crippen LogP contribution in [0, 0.1) is 6.92 Å². The zero-order valence-electron chi connectivity index (χ0n) is 14.5. The fraction of sp³-hybridized carbons (Fsp3) is 0.222. The van der Waals surface area contributed by atoms with Crippen molar-refractivity contribution in [2.45, 2.75) is 25.4 Å². The Labute approximate surface area is 162 Å². The summed E-state index contributed by atoms with van der Waals surface area (Å²) >= 11 is 5.77. The molecule has 3 aromatic rings. The molecule has 0 radical (unpaired) electrons. The number of alkyl halides is 3. The highest BCUT2D eigenvalue weighted by molar-refractivity contribution is 6.29. The first-order valence-corrected chi connectivity index (χ1v) is 8.68. The quantitative estimate of drug-likeness (QED) is 0.693. The molecule has 0 aliphatic carbocycles. The number of halogens is 4. The maximum absolute atomic E-state index is 12.8. The molecule has 6 nitrogen and oxygen atoms in total. The van der Waals surface area contributed by atoms with Gasteiger partial charge in [0.15, 0.2) is 11.0 Å². The Morgan fingerprint density at radius 1 is 1.14 bits per heavy atom. The largest absolute Gasteiger partial charge is 0.416 e. The fourth-order valence-electron chi connectivity index (χ4n) is 3.32. The Kier molecular flexibility index (Phi) is 4.34.